The number of hydrogen-bond acceptors (Lipinski definition) is 2. The molecule has 0 bridgehead atoms. The van der Waals surface area contributed by atoms with Gasteiger partial charge in [0.15, 0.2) is 0 Å². The molecule has 0 aromatic rings. The summed E-state index contributed by atoms with van der Waals surface area (Å²) in [4.78, 5) is 21.8. The molecule has 1 aliphatic carbocycles. The normalized spacial score (nSPS) is 17.8. The van der Waals surface area contributed by atoms with Crippen molar-refractivity contribution in [3.05, 3.63) is 0 Å². The Balaban J connectivity index is 2.17. The Morgan fingerprint density at radius 3 is 2.58 bits per heavy atom. The van der Waals surface area contributed by atoms with Crippen LogP contribution in [-0.4, -0.2) is 18.2 Å². The third-order valence-corrected chi connectivity index (χ3v) is 2.00. The average Bonchev–Trinajstić information content (AvgIpc) is 1.94. The lowest BCUT2D eigenvalue weighted by Gasteiger charge is -2.23. The predicted molar refractivity (Wildman–Crippen MR) is 45.6 cm³/mol. The van der Waals surface area contributed by atoms with Crippen molar-refractivity contribution in [1.82, 2.24) is 5.32 Å². The van der Waals surface area contributed by atoms with Crippen molar-refractivity contribution >= 4 is 11.7 Å². The number of rotatable bonds is 3. The van der Waals surface area contributed by atoms with Crippen LogP contribution in [0, 0.1) is 11.8 Å². The van der Waals surface area contributed by atoms with Crippen LogP contribution < -0.4 is 5.32 Å². The summed E-state index contributed by atoms with van der Waals surface area (Å²) in [6, 6.07) is 0. The van der Waals surface area contributed by atoms with Crippen molar-refractivity contribution in [2.75, 3.05) is 6.54 Å². The number of nitrogens with one attached hydrogen (secondary N) is 1. The molecule has 1 saturated carbocycles. The maximum Gasteiger partial charge on any atom is 0.224 e. The summed E-state index contributed by atoms with van der Waals surface area (Å²) in [6.07, 6.45) is 0.897. The molecule has 12 heavy (non-hydrogen) atoms. The zero-order valence-corrected chi connectivity index (χ0v) is 7.59. The maximum atomic E-state index is 11.2. The van der Waals surface area contributed by atoms with Crippen LogP contribution in [0.3, 0.4) is 0 Å². The standard InChI is InChI=1S/C9H15NO2/c1-6(2)5-10-9(12)7-3-8(11)4-7/h6-7H,3-5H2,1-2H3,(H,10,12). The molecule has 0 aromatic carbocycles. The predicted octanol–water partition coefficient (Wildman–Crippen LogP) is 0.738. The largest absolute Gasteiger partial charge is 0.356 e. The van der Waals surface area contributed by atoms with Gasteiger partial charge >= 0.3 is 0 Å². The van der Waals surface area contributed by atoms with Gasteiger partial charge in [0.2, 0.25) is 5.91 Å². The average molecular weight is 169 g/mol. The lowest BCUT2D eigenvalue weighted by molar-refractivity contribution is -0.138. The molecule has 0 heterocycles. The first-order chi connectivity index (χ1) is 5.59. The van der Waals surface area contributed by atoms with Crippen LogP contribution in [0.1, 0.15) is 26.7 Å². The molecule has 3 heteroatoms. The molecule has 1 N–H and O–H groups in total. The molecular weight excluding hydrogens is 154 g/mol. The van der Waals surface area contributed by atoms with Gasteiger partial charge in [-0.1, -0.05) is 13.8 Å². The minimum absolute atomic E-state index is 0.0313. The van der Waals surface area contributed by atoms with Crippen LogP contribution in [0.25, 0.3) is 0 Å². The Labute approximate surface area is 72.5 Å². The van der Waals surface area contributed by atoms with Gasteiger partial charge < -0.3 is 5.32 Å². The smallest absolute Gasteiger partial charge is 0.224 e. The van der Waals surface area contributed by atoms with Gasteiger partial charge in [0.25, 0.3) is 0 Å². The number of carbonyl (C=O) groups is 2. The highest BCUT2D eigenvalue weighted by Gasteiger charge is 2.32. The van der Waals surface area contributed by atoms with Crippen LogP contribution >= 0.6 is 0 Å². The van der Waals surface area contributed by atoms with Crippen molar-refractivity contribution < 1.29 is 9.59 Å². The Hall–Kier alpha value is -0.860. The van der Waals surface area contributed by atoms with Gasteiger partial charge in [0.05, 0.1) is 5.92 Å². The van der Waals surface area contributed by atoms with Gasteiger partial charge in [-0.15, -0.1) is 0 Å². The first-order valence-corrected chi connectivity index (χ1v) is 4.39. The molecule has 1 rings (SSSR count). The summed E-state index contributed by atoms with van der Waals surface area (Å²) in [6.45, 7) is 4.81. The molecule has 1 aliphatic rings. The monoisotopic (exact) mass is 169 g/mol. The molecule has 0 unspecified atom stereocenters. The minimum atomic E-state index is -0.0313. The summed E-state index contributed by atoms with van der Waals surface area (Å²) in [7, 11) is 0. The summed E-state index contributed by atoms with van der Waals surface area (Å²) in [5.74, 6) is 0.698. The van der Waals surface area contributed by atoms with Crippen LogP contribution in [0.15, 0.2) is 0 Å². The van der Waals surface area contributed by atoms with E-state index in [0.717, 1.165) is 0 Å². The van der Waals surface area contributed by atoms with Gasteiger partial charge in [-0.25, -0.2) is 0 Å². The van der Waals surface area contributed by atoms with Crippen LogP contribution in [0.2, 0.25) is 0 Å². The van der Waals surface area contributed by atoms with Crippen LogP contribution in [-0.2, 0) is 9.59 Å². The number of carbonyl (C=O) groups excluding carboxylic acids is 2. The van der Waals surface area contributed by atoms with E-state index in [2.05, 4.69) is 5.32 Å². The first kappa shape index (κ1) is 9.23. The van der Waals surface area contributed by atoms with Gasteiger partial charge in [0, 0.05) is 19.4 Å². The van der Waals surface area contributed by atoms with E-state index in [9.17, 15) is 9.59 Å². The van der Waals surface area contributed by atoms with Crippen LogP contribution in [0.4, 0.5) is 0 Å². The number of ketones is 1. The van der Waals surface area contributed by atoms with Crippen LogP contribution in [0.5, 0.6) is 0 Å². The van der Waals surface area contributed by atoms with Crippen molar-refractivity contribution in [1.29, 1.82) is 0 Å². The molecule has 1 fully saturated rings. The van der Waals surface area contributed by atoms with Crippen molar-refractivity contribution in [3.8, 4) is 0 Å². The third-order valence-electron chi connectivity index (χ3n) is 2.00. The molecule has 0 aliphatic heterocycles. The highest BCUT2D eigenvalue weighted by atomic mass is 16.2. The summed E-state index contributed by atoms with van der Waals surface area (Å²) in [5.41, 5.74) is 0. The molecule has 0 spiro atoms. The van der Waals surface area contributed by atoms with Gasteiger partial charge in [-0.05, 0) is 5.92 Å². The lowest BCUT2D eigenvalue weighted by atomic mass is 9.83. The topological polar surface area (TPSA) is 46.2 Å². The lowest BCUT2D eigenvalue weighted by Crippen LogP contribution is -2.40. The maximum absolute atomic E-state index is 11.2. The summed E-state index contributed by atoms with van der Waals surface area (Å²) in [5, 5.41) is 2.81. The van der Waals surface area contributed by atoms with Gasteiger partial charge in [-0.2, -0.15) is 0 Å². The highest BCUT2D eigenvalue weighted by molar-refractivity contribution is 5.96. The third kappa shape index (κ3) is 2.32. The van der Waals surface area contributed by atoms with E-state index in [1.807, 2.05) is 13.8 Å². The number of hydrogen-bond donors (Lipinski definition) is 1. The molecular formula is C9H15NO2. The fourth-order valence-electron chi connectivity index (χ4n) is 1.12. The first-order valence-electron chi connectivity index (χ1n) is 4.39. The quantitative estimate of drug-likeness (QED) is 0.677. The highest BCUT2D eigenvalue weighted by Crippen LogP contribution is 2.22. The molecule has 0 saturated heterocycles. The Morgan fingerprint density at radius 2 is 2.17 bits per heavy atom. The second-order valence-electron chi connectivity index (χ2n) is 3.78. The van der Waals surface area contributed by atoms with E-state index < -0.39 is 0 Å². The zero-order chi connectivity index (χ0) is 9.14. The Morgan fingerprint density at radius 1 is 1.58 bits per heavy atom. The van der Waals surface area contributed by atoms with Gasteiger partial charge in [-0.3, -0.25) is 9.59 Å². The molecule has 68 valence electrons. The summed E-state index contributed by atoms with van der Waals surface area (Å²) >= 11 is 0. The number of amides is 1. The zero-order valence-electron chi connectivity index (χ0n) is 7.59. The second kappa shape index (κ2) is 3.70. The van der Waals surface area contributed by atoms with E-state index in [1.54, 1.807) is 0 Å². The fourth-order valence-corrected chi connectivity index (χ4v) is 1.12. The fraction of sp³-hybridized carbons (Fsp3) is 0.778. The SMILES string of the molecule is CC(C)CNC(=O)C1CC(=O)C1. The van der Waals surface area contributed by atoms with E-state index in [1.165, 1.54) is 0 Å². The van der Waals surface area contributed by atoms with E-state index in [4.69, 9.17) is 0 Å². The molecule has 0 aromatic heterocycles. The minimum Gasteiger partial charge on any atom is -0.356 e. The molecule has 3 nitrogen and oxygen atoms in total. The van der Waals surface area contributed by atoms with E-state index in [-0.39, 0.29) is 17.6 Å². The molecule has 0 atom stereocenters. The Kier molecular flexibility index (Phi) is 2.84. The van der Waals surface area contributed by atoms with E-state index >= 15 is 0 Å². The Bertz CT molecular complexity index is 191. The summed E-state index contributed by atoms with van der Waals surface area (Å²) < 4.78 is 0. The van der Waals surface area contributed by atoms with Crippen molar-refractivity contribution in [2.24, 2.45) is 11.8 Å². The molecule has 0 radical (unpaired) electrons. The van der Waals surface area contributed by atoms with Crippen molar-refractivity contribution in [3.63, 3.8) is 0 Å². The van der Waals surface area contributed by atoms with Gasteiger partial charge in [0.1, 0.15) is 5.78 Å². The second-order valence-corrected chi connectivity index (χ2v) is 3.78. The molecule has 1 amide bonds. The van der Waals surface area contributed by atoms with E-state index in [0.29, 0.717) is 25.3 Å². The number of Topliss-reactive ketones (excluding diaryl/α,β-unsaturated/α-hetero) is 1. The van der Waals surface area contributed by atoms with Crippen molar-refractivity contribution in [2.45, 2.75) is 26.7 Å².